The van der Waals surface area contributed by atoms with Gasteiger partial charge in [0, 0.05) is 46.7 Å². The molecule has 0 bridgehead atoms. The lowest BCUT2D eigenvalue weighted by Gasteiger charge is -2.28. The predicted octanol–water partition coefficient (Wildman–Crippen LogP) is 6.94. The van der Waals surface area contributed by atoms with Gasteiger partial charge in [0.2, 0.25) is 0 Å². The predicted molar refractivity (Wildman–Crippen MR) is 194 cm³/mol. The first-order valence-electron chi connectivity index (χ1n) is 16.2. The number of piperidine rings is 1. The summed E-state index contributed by atoms with van der Waals surface area (Å²) in [5, 5.41) is 9.76. The van der Waals surface area contributed by atoms with E-state index in [-0.39, 0.29) is 22.7 Å². The van der Waals surface area contributed by atoms with E-state index in [2.05, 4.69) is 39.7 Å². The fourth-order valence-corrected chi connectivity index (χ4v) is 6.56. The molecule has 6 aromatic rings. The minimum absolute atomic E-state index is 0.0756. The summed E-state index contributed by atoms with van der Waals surface area (Å²) in [5.74, 6) is -1.67. The molecule has 1 fully saturated rings. The van der Waals surface area contributed by atoms with Gasteiger partial charge in [0.05, 0.1) is 15.9 Å². The molecular formula is C38H34F2N6O4S. The molecule has 7 rings (SSSR count). The molecule has 0 saturated carbocycles. The van der Waals surface area contributed by atoms with Crippen molar-refractivity contribution in [2.24, 2.45) is 0 Å². The third-order valence-corrected chi connectivity index (χ3v) is 9.59. The Morgan fingerprint density at radius 3 is 2.37 bits per heavy atom. The van der Waals surface area contributed by atoms with Gasteiger partial charge < -0.3 is 20.3 Å². The van der Waals surface area contributed by atoms with Crippen molar-refractivity contribution in [2.75, 3.05) is 32.5 Å². The molecule has 3 aromatic carbocycles. The summed E-state index contributed by atoms with van der Waals surface area (Å²) in [7, 11) is 4.24. The number of aromatic nitrogens is 3. The number of hydrogen-bond acceptors (Lipinski definition) is 9. The molecule has 1 saturated heterocycles. The second kappa shape index (κ2) is 15.9. The number of likely N-dealkylation sites (tertiary alicyclic amines) is 1. The quantitative estimate of drug-likeness (QED) is 0.163. The number of halogens is 2. The Kier molecular flexibility index (Phi) is 11.0. The van der Waals surface area contributed by atoms with Gasteiger partial charge in [-0.2, -0.15) is 9.78 Å². The Bertz CT molecular complexity index is 2220. The van der Waals surface area contributed by atoms with E-state index in [9.17, 15) is 18.8 Å². The molecule has 13 heteroatoms. The van der Waals surface area contributed by atoms with Gasteiger partial charge in [-0.05, 0) is 94.1 Å². The van der Waals surface area contributed by atoms with E-state index in [0.717, 1.165) is 33.5 Å². The van der Waals surface area contributed by atoms with Crippen LogP contribution in [0.3, 0.4) is 0 Å². The van der Waals surface area contributed by atoms with Gasteiger partial charge in [-0.1, -0.05) is 24.3 Å². The summed E-state index contributed by atoms with van der Waals surface area (Å²) < 4.78 is 35.9. The van der Waals surface area contributed by atoms with Crippen molar-refractivity contribution >= 4 is 39.4 Å². The molecule has 1 amide bonds. The van der Waals surface area contributed by atoms with Gasteiger partial charge in [-0.3, -0.25) is 19.4 Å². The van der Waals surface area contributed by atoms with E-state index in [1.165, 1.54) is 85.9 Å². The SMILES string of the molecule is CNC1CCN(C)CC1.O=Cc1ccc(-c2cc3nccc(Oc4ccc(NC(=O)c5ccnn(-c6ccc(F)cc6)c5=O)cc4F)c3s2)cc1. The largest absolute Gasteiger partial charge is 0.453 e. The second-order valence-electron chi connectivity index (χ2n) is 11.9. The number of anilines is 1. The topological polar surface area (TPSA) is 118 Å². The van der Waals surface area contributed by atoms with Crippen molar-refractivity contribution < 1.29 is 23.1 Å². The molecule has 4 heterocycles. The average molecular weight is 709 g/mol. The van der Waals surface area contributed by atoms with Crippen LogP contribution in [0.4, 0.5) is 14.5 Å². The van der Waals surface area contributed by atoms with Crippen molar-refractivity contribution in [3.05, 3.63) is 130 Å². The van der Waals surface area contributed by atoms with Crippen LogP contribution in [0.1, 0.15) is 33.6 Å². The Labute approximate surface area is 296 Å². The number of amides is 1. The maximum Gasteiger partial charge on any atom is 0.284 e. The van der Waals surface area contributed by atoms with E-state index >= 15 is 4.39 Å². The number of pyridine rings is 1. The van der Waals surface area contributed by atoms with Crippen molar-refractivity contribution in [3.8, 4) is 27.6 Å². The molecule has 2 N–H and O–H groups in total. The maximum absolute atomic E-state index is 15.1. The standard InChI is InChI=1S/C31H18F2N4O4S.C7H16N2/c32-20-5-8-22(9-6-20)37-31(40)23(11-14-35-37)30(39)36-21-7-10-26(24(33)15-21)41-27-12-13-34-25-16-28(42-29(25)27)19-3-1-18(17-38)2-4-19;1-8-7-3-5-9(2)6-4-7/h1-17H,(H,36,39);7-8H,3-6H2,1-2H3. The highest BCUT2D eigenvalue weighted by molar-refractivity contribution is 7.22. The Hall–Kier alpha value is -5.63. The van der Waals surface area contributed by atoms with E-state index in [4.69, 9.17) is 4.74 Å². The molecule has 1 aliphatic rings. The summed E-state index contributed by atoms with van der Waals surface area (Å²) in [5.41, 5.74) is 1.57. The van der Waals surface area contributed by atoms with E-state index in [0.29, 0.717) is 21.5 Å². The highest BCUT2D eigenvalue weighted by atomic mass is 32.1. The van der Waals surface area contributed by atoms with Crippen molar-refractivity contribution in [1.29, 1.82) is 0 Å². The van der Waals surface area contributed by atoms with E-state index in [1.54, 1.807) is 24.4 Å². The van der Waals surface area contributed by atoms with Gasteiger partial charge in [0.25, 0.3) is 11.5 Å². The lowest BCUT2D eigenvalue weighted by Crippen LogP contribution is -2.39. The zero-order chi connectivity index (χ0) is 35.9. The number of rotatable bonds is 8. The molecule has 0 aliphatic carbocycles. The average Bonchev–Trinajstić information content (AvgIpc) is 3.59. The van der Waals surface area contributed by atoms with Gasteiger partial charge >= 0.3 is 0 Å². The first kappa shape index (κ1) is 35.2. The van der Waals surface area contributed by atoms with Gasteiger partial charge in [0.1, 0.15) is 23.4 Å². The molecule has 260 valence electrons. The number of hydrogen-bond donors (Lipinski definition) is 2. The fraction of sp³-hybridized carbons (Fsp3) is 0.184. The normalized spacial score (nSPS) is 13.3. The Balaban J connectivity index is 0.000000435. The van der Waals surface area contributed by atoms with Crippen molar-refractivity contribution in [3.63, 3.8) is 0 Å². The van der Waals surface area contributed by atoms with Crippen LogP contribution < -0.4 is 20.9 Å². The third kappa shape index (κ3) is 8.40. The van der Waals surface area contributed by atoms with Crippen LogP contribution in [0, 0.1) is 11.6 Å². The Morgan fingerprint density at radius 2 is 1.69 bits per heavy atom. The summed E-state index contributed by atoms with van der Waals surface area (Å²) in [6.45, 7) is 2.51. The zero-order valence-corrected chi connectivity index (χ0v) is 28.6. The lowest BCUT2D eigenvalue weighted by atomic mass is 10.1. The number of benzene rings is 3. The first-order chi connectivity index (χ1) is 24.7. The molecule has 0 atom stereocenters. The number of aldehydes is 1. The lowest BCUT2D eigenvalue weighted by molar-refractivity contribution is 0.102. The van der Waals surface area contributed by atoms with Gasteiger partial charge in [0.15, 0.2) is 11.6 Å². The van der Waals surface area contributed by atoms with Crippen LogP contribution in [0.2, 0.25) is 0 Å². The highest BCUT2D eigenvalue weighted by Gasteiger charge is 2.17. The van der Waals surface area contributed by atoms with E-state index < -0.39 is 23.1 Å². The third-order valence-electron chi connectivity index (χ3n) is 8.41. The number of nitrogens with zero attached hydrogens (tertiary/aromatic N) is 4. The first-order valence-corrected chi connectivity index (χ1v) is 17.0. The molecule has 0 spiro atoms. The Morgan fingerprint density at radius 1 is 0.941 bits per heavy atom. The smallest absolute Gasteiger partial charge is 0.284 e. The van der Waals surface area contributed by atoms with Gasteiger partial charge in [-0.15, -0.1) is 11.3 Å². The number of ether oxygens (including phenoxy) is 1. The summed E-state index contributed by atoms with van der Waals surface area (Å²) in [6.07, 6.45) is 6.23. The summed E-state index contributed by atoms with van der Waals surface area (Å²) in [4.78, 5) is 44.4. The van der Waals surface area contributed by atoms with Crippen LogP contribution in [0.25, 0.3) is 26.3 Å². The number of carbonyl (C=O) groups excluding carboxylic acids is 2. The molecule has 3 aromatic heterocycles. The molecule has 0 radical (unpaired) electrons. The summed E-state index contributed by atoms with van der Waals surface area (Å²) in [6, 6.07) is 21.6. The zero-order valence-electron chi connectivity index (χ0n) is 27.8. The fourth-order valence-electron chi connectivity index (χ4n) is 5.49. The molecular weight excluding hydrogens is 675 g/mol. The minimum Gasteiger partial charge on any atom is -0.453 e. The van der Waals surface area contributed by atoms with Crippen LogP contribution in [0.15, 0.2) is 102 Å². The minimum atomic E-state index is -0.769. The maximum atomic E-state index is 15.1. The monoisotopic (exact) mass is 708 g/mol. The van der Waals surface area contributed by atoms with Crippen molar-refractivity contribution in [2.45, 2.75) is 18.9 Å². The summed E-state index contributed by atoms with van der Waals surface area (Å²) >= 11 is 1.42. The molecule has 10 nitrogen and oxygen atoms in total. The number of fused-ring (bicyclic) bond motifs is 1. The van der Waals surface area contributed by atoms with Crippen LogP contribution >= 0.6 is 11.3 Å². The highest BCUT2D eigenvalue weighted by Crippen LogP contribution is 2.39. The number of thiophene rings is 1. The number of nitrogens with one attached hydrogen (secondary N) is 2. The van der Waals surface area contributed by atoms with Crippen LogP contribution in [0.5, 0.6) is 11.5 Å². The van der Waals surface area contributed by atoms with E-state index in [1.807, 2.05) is 18.2 Å². The van der Waals surface area contributed by atoms with Crippen LogP contribution in [-0.4, -0.2) is 65.1 Å². The van der Waals surface area contributed by atoms with Crippen LogP contribution in [-0.2, 0) is 0 Å². The molecule has 51 heavy (non-hydrogen) atoms. The molecule has 0 unspecified atom stereocenters. The molecule has 1 aliphatic heterocycles. The number of carbonyl (C=O) groups is 2. The van der Waals surface area contributed by atoms with Crippen molar-refractivity contribution in [1.82, 2.24) is 25.0 Å². The van der Waals surface area contributed by atoms with Gasteiger partial charge in [-0.25, -0.2) is 8.78 Å². The second-order valence-corrected chi connectivity index (χ2v) is 12.9.